The monoisotopic (exact) mass is 168 g/mol. The van der Waals surface area contributed by atoms with Crippen LogP contribution in [0.15, 0.2) is 11.6 Å². The molecule has 0 aromatic rings. The van der Waals surface area contributed by atoms with E-state index in [4.69, 9.17) is 5.11 Å². The number of aliphatic carboxylic acids is 1. The van der Waals surface area contributed by atoms with E-state index in [1.165, 1.54) is 5.57 Å². The van der Waals surface area contributed by atoms with Crippen LogP contribution in [0, 0.1) is 11.8 Å². The highest BCUT2D eigenvalue weighted by atomic mass is 16.4. The highest BCUT2D eigenvalue weighted by Gasteiger charge is 2.21. The summed E-state index contributed by atoms with van der Waals surface area (Å²) in [5.74, 6) is -0.282. The molecule has 0 saturated carbocycles. The zero-order valence-electron chi connectivity index (χ0n) is 7.71. The Balaban J connectivity index is 2.64. The van der Waals surface area contributed by atoms with Crippen LogP contribution in [-0.4, -0.2) is 11.1 Å². The van der Waals surface area contributed by atoms with Crippen LogP contribution in [0.1, 0.15) is 33.1 Å². The largest absolute Gasteiger partial charge is 0.481 e. The fraction of sp³-hybridized carbons (Fsp3) is 0.700. The van der Waals surface area contributed by atoms with E-state index in [-0.39, 0.29) is 5.92 Å². The molecule has 0 aromatic carbocycles. The third-order valence-electron chi connectivity index (χ3n) is 2.46. The fourth-order valence-corrected chi connectivity index (χ4v) is 1.84. The molecular weight excluding hydrogens is 152 g/mol. The maximum Gasteiger partial charge on any atom is 0.306 e. The summed E-state index contributed by atoms with van der Waals surface area (Å²) in [4.78, 5) is 10.7. The van der Waals surface area contributed by atoms with Crippen molar-refractivity contribution in [3.63, 3.8) is 0 Å². The van der Waals surface area contributed by atoms with Gasteiger partial charge in [-0.1, -0.05) is 18.6 Å². The first-order chi connectivity index (χ1) is 5.59. The molecule has 1 aliphatic rings. The van der Waals surface area contributed by atoms with Crippen molar-refractivity contribution in [1.82, 2.24) is 0 Å². The number of carbonyl (C=O) groups is 1. The van der Waals surface area contributed by atoms with E-state index in [0.29, 0.717) is 12.3 Å². The lowest BCUT2D eigenvalue weighted by Gasteiger charge is -2.12. The van der Waals surface area contributed by atoms with E-state index >= 15 is 0 Å². The highest BCUT2D eigenvalue weighted by molar-refractivity contribution is 5.70. The molecule has 0 spiro atoms. The molecule has 68 valence electrons. The summed E-state index contributed by atoms with van der Waals surface area (Å²) in [5.41, 5.74) is 1.34. The first-order valence-corrected chi connectivity index (χ1v) is 4.48. The Kier molecular flexibility index (Phi) is 2.90. The maximum absolute atomic E-state index is 10.7. The van der Waals surface area contributed by atoms with Crippen molar-refractivity contribution < 1.29 is 9.90 Å². The van der Waals surface area contributed by atoms with Gasteiger partial charge in [0.05, 0.1) is 5.92 Å². The normalized spacial score (nSPS) is 30.7. The lowest BCUT2D eigenvalue weighted by atomic mass is 9.94. The van der Waals surface area contributed by atoms with Gasteiger partial charge in [-0.3, -0.25) is 4.79 Å². The molecule has 1 rings (SSSR count). The molecule has 0 fully saturated rings. The van der Waals surface area contributed by atoms with Gasteiger partial charge >= 0.3 is 5.97 Å². The van der Waals surface area contributed by atoms with E-state index in [1.807, 2.05) is 0 Å². The minimum absolute atomic E-state index is 0.155. The molecule has 1 aliphatic carbocycles. The van der Waals surface area contributed by atoms with Crippen molar-refractivity contribution in [3.05, 3.63) is 11.6 Å². The minimum Gasteiger partial charge on any atom is -0.481 e. The van der Waals surface area contributed by atoms with Crippen molar-refractivity contribution >= 4 is 5.97 Å². The molecule has 0 radical (unpaired) electrons. The molecule has 0 amide bonds. The number of hydrogen-bond donors (Lipinski definition) is 1. The number of rotatable bonds is 1. The first-order valence-electron chi connectivity index (χ1n) is 4.48. The van der Waals surface area contributed by atoms with Gasteiger partial charge in [-0.2, -0.15) is 0 Å². The predicted octanol–water partition coefficient (Wildman–Crippen LogP) is 2.45. The molecule has 0 aromatic heterocycles. The van der Waals surface area contributed by atoms with Crippen LogP contribution in [0.4, 0.5) is 0 Å². The zero-order chi connectivity index (χ0) is 9.14. The minimum atomic E-state index is -0.646. The van der Waals surface area contributed by atoms with Gasteiger partial charge in [-0.05, 0) is 32.1 Å². The second-order valence-electron chi connectivity index (χ2n) is 3.87. The Labute approximate surface area is 73.3 Å². The lowest BCUT2D eigenvalue weighted by molar-refractivity contribution is -0.142. The van der Waals surface area contributed by atoms with Crippen LogP contribution in [0.2, 0.25) is 0 Å². The number of hydrogen-bond acceptors (Lipinski definition) is 1. The van der Waals surface area contributed by atoms with E-state index in [9.17, 15) is 4.79 Å². The first kappa shape index (κ1) is 9.30. The fourth-order valence-electron chi connectivity index (χ4n) is 1.84. The van der Waals surface area contributed by atoms with E-state index < -0.39 is 5.97 Å². The quantitative estimate of drug-likeness (QED) is 0.610. The Morgan fingerprint density at radius 1 is 1.67 bits per heavy atom. The summed E-state index contributed by atoms with van der Waals surface area (Å²) in [5, 5.41) is 8.84. The number of carboxylic acid groups (broad SMARTS) is 1. The molecule has 0 heterocycles. The molecular formula is C10H16O2. The molecule has 2 heteroatoms. The molecule has 0 aliphatic heterocycles. The second kappa shape index (κ2) is 3.74. The van der Waals surface area contributed by atoms with Gasteiger partial charge in [-0.25, -0.2) is 0 Å². The van der Waals surface area contributed by atoms with Gasteiger partial charge in [0.15, 0.2) is 0 Å². The van der Waals surface area contributed by atoms with Gasteiger partial charge in [-0.15, -0.1) is 0 Å². The zero-order valence-corrected chi connectivity index (χ0v) is 7.71. The van der Waals surface area contributed by atoms with Crippen molar-refractivity contribution in [2.75, 3.05) is 0 Å². The van der Waals surface area contributed by atoms with Gasteiger partial charge in [0.1, 0.15) is 0 Å². The van der Waals surface area contributed by atoms with Crippen molar-refractivity contribution in [3.8, 4) is 0 Å². The Bertz CT molecular complexity index is 206. The van der Waals surface area contributed by atoms with Crippen LogP contribution in [0.5, 0.6) is 0 Å². The molecule has 2 unspecified atom stereocenters. The van der Waals surface area contributed by atoms with Gasteiger partial charge < -0.3 is 5.11 Å². The third kappa shape index (κ3) is 2.36. The van der Waals surface area contributed by atoms with Crippen molar-refractivity contribution in [2.45, 2.75) is 33.1 Å². The molecule has 1 N–H and O–H groups in total. The summed E-state index contributed by atoms with van der Waals surface area (Å²) >= 11 is 0. The molecule has 12 heavy (non-hydrogen) atoms. The standard InChI is InChI=1S/C10H16O2/c1-7-3-4-9(10(11)12)6-8(2)5-7/h3,8-9H,4-6H2,1-2H3,(H,11,12). The van der Waals surface area contributed by atoms with Crippen LogP contribution >= 0.6 is 0 Å². The summed E-state index contributed by atoms with van der Waals surface area (Å²) in [7, 11) is 0. The average Bonchev–Trinajstić information content (AvgIpc) is 2.11. The Hall–Kier alpha value is -0.790. The van der Waals surface area contributed by atoms with Crippen molar-refractivity contribution in [1.29, 1.82) is 0 Å². The van der Waals surface area contributed by atoms with Crippen LogP contribution in [0.3, 0.4) is 0 Å². The van der Waals surface area contributed by atoms with Crippen LogP contribution in [-0.2, 0) is 4.79 Å². The van der Waals surface area contributed by atoms with Crippen molar-refractivity contribution in [2.24, 2.45) is 11.8 Å². The lowest BCUT2D eigenvalue weighted by Crippen LogP contribution is -2.14. The van der Waals surface area contributed by atoms with Gasteiger partial charge in [0.2, 0.25) is 0 Å². The smallest absolute Gasteiger partial charge is 0.306 e. The molecule has 0 saturated heterocycles. The van der Waals surface area contributed by atoms with E-state index in [1.54, 1.807) is 0 Å². The summed E-state index contributed by atoms with van der Waals surface area (Å²) in [6.45, 7) is 4.21. The molecule has 2 nitrogen and oxygen atoms in total. The SMILES string of the molecule is CC1=CCC(C(=O)O)CC(C)C1. The predicted molar refractivity (Wildman–Crippen MR) is 47.9 cm³/mol. The van der Waals surface area contributed by atoms with E-state index in [2.05, 4.69) is 19.9 Å². The summed E-state index contributed by atoms with van der Waals surface area (Å²) < 4.78 is 0. The van der Waals surface area contributed by atoms with Gasteiger partial charge in [0.25, 0.3) is 0 Å². The second-order valence-corrected chi connectivity index (χ2v) is 3.87. The van der Waals surface area contributed by atoms with E-state index in [0.717, 1.165) is 12.8 Å². The topological polar surface area (TPSA) is 37.3 Å². The number of carboxylic acids is 1. The molecule has 0 bridgehead atoms. The Morgan fingerprint density at radius 3 is 2.92 bits per heavy atom. The van der Waals surface area contributed by atoms with Crippen LogP contribution < -0.4 is 0 Å². The molecule has 2 atom stereocenters. The maximum atomic E-state index is 10.7. The summed E-state index contributed by atoms with van der Waals surface area (Å²) in [6, 6.07) is 0. The Morgan fingerprint density at radius 2 is 2.33 bits per heavy atom. The third-order valence-corrected chi connectivity index (χ3v) is 2.46. The number of allylic oxidation sites excluding steroid dienone is 2. The highest BCUT2D eigenvalue weighted by Crippen LogP contribution is 2.26. The summed E-state index contributed by atoms with van der Waals surface area (Å²) in [6.07, 6.45) is 4.67. The van der Waals surface area contributed by atoms with Gasteiger partial charge in [0, 0.05) is 0 Å². The average molecular weight is 168 g/mol. The van der Waals surface area contributed by atoms with Crippen LogP contribution in [0.25, 0.3) is 0 Å².